The standard InChI is InChI=1S/C33H23Br/c1-33(2)29-18-21(34)16-17-26(29)30-25-15-9-7-13-23(25)28-19-27(20-10-4-3-5-11-20)22-12-6-8-14-24(22)31(28)32(30)33/h3-19H,1-2H3. The van der Waals surface area contributed by atoms with Crippen molar-refractivity contribution in [3.05, 3.63) is 119 Å². The van der Waals surface area contributed by atoms with Crippen molar-refractivity contribution in [3.8, 4) is 22.3 Å². The molecule has 0 nitrogen and oxygen atoms in total. The Morgan fingerprint density at radius 3 is 1.97 bits per heavy atom. The van der Waals surface area contributed by atoms with E-state index in [1.54, 1.807) is 0 Å². The average molecular weight is 499 g/mol. The summed E-state index contributed by atoms with van der Waals surface area (Å²) in [6.45, 7) is 4.77. The predicted molar refractivity (Wildman–Crippen MR) is 150 cm³/mol. The summed E-state index contributed by atoms with van der Waals surface area (Å²) in [6, 6.07) is 37.9. The van der Waals surface area contributed by atoms with Gasteiger partial charge in [-0.25, -0.2) is 0 Å². The van der Waals surface area contributed by atoms with Gasteiger partial charge in [-0.1, -0.05) is 115 Å². The number of hydrogen-bond donors (Lipinski definition) is 0. The third-order valence-corrected chi connectivity index (χ3v) is 8.16. The molecular weight excluding hydrogens is 476 g/mol. The number of hydrogen-bond acceptors (Lipinski definition) is 0. The third-order valence-electron chi connectivity index (χ3n) is 7.67. The molecule has 0 saturated heterocycles. The highest BCUT2D eigenvalue weighted by Gasteiger charge is 2.39. The van der Waals surface area contributed by atoms with Gasteiger partial charge in [0.25, 0.3) is 0 Å². The lowest BCUT2D eigenvalue weighted by Gasteiger charge is -2.25. The molecule has 0 heterocycles. The van der Waals surface area contributed by atoms with Gasteiger partial charge in [0.1, 0.15) is 0 Å². The number of fused-ring (bicyclic) bond motifs is 10. The summed E-state index contributed by atoms with van der Waals surface area (Å²) in [5.41, 5.74) is 8.05. The van der Waals surface area contributed by atoms with Gasteiger partial charge in [0, 0.05) is 9.89 Å². The number of halogens is 1. The molecule has 6 aromatic carbocycles. The maximum absolute atomic E-state index is 3.74. The van der Waals surface area contributed by atoms with Gasteiger partial charge in [-0.05, 0) is 83.9 Å². The summed E-state index contributed by atoms with van der Waals surface area (Å²) < 4.78 is 1.14. The zero-order valence-electron chi connectivity index (χ0n) is 19.2. The van der Waals surface area contributed by atoms with Crippen LogP contribution in [0.5, 0.6) is 0 Å². The van der Waals surface area contributed by atoms with E-state index < -0.39 is 0 Å². The first kappa shape index (κ1) is 20.0. The maximum atomic E-state index is 3.74. The van der Waals surface area contributed by atoms with Crippen LogP contribution < -0.4 is 0 Å². The predicted octanol–water partition coefficient (Wildman–Crippen LogP) is 9.88. The molecule has 0 atom stereocenters. The molecule has 162 valence electrons. The van der Waals surface area contributed by atoms with Gasteiger partial charge in [-0.2, -0.15) is 0 Å². The molecule has 0 N–H and O–H groups in total. The molecule has 0 aromatic heterocycles. The van der Waals surface area contributed by atoms with Gasteiger partial charge >= 0.3 is 0 Å². The highest BCUT2D eigenvalue weighted by Crippen LogP contribution is 2.56. The van der Waals surface area contributed by atoms with Crippen LogP contribution in [0, 0.1) is 0 Å². The maximum Gasteiger partial charge on any atom is 0.0178 e. The molecule has 1 aliphatic rings. The molecule has 1 heteroatoms. The minimum atomic E-state index is -0.103. The van der Waals surface area contributed by atoms with E-state index in [4.69, 9.17) is 0 Å². The van der Waals surface area contributed by atoms with Crippen LogP contribution in [0.15, 0.2) is 108 Å². The molecule has 0 aliphatic heterocycles. The summed E-state index contributed by atoms with van der Waals surface area (Å²) in [5.74, 6) is 0. The van der Waals surface area contributed by atoms with Crippen molar-refractivity contribution in [1.82, 2.24) is 0 Å². The first-order valence-electron chi connectivity index (χ1n) is 11.8. The van der Waals surface area contributed by atoms with Crippen molar-refractivity contribution >= 4 is 48.2 Å². The van der Waals surface area contributed by atoms with Crippen LogP contribution >= 0.6 is 15.9 Å². The highest BCUT2D eigenvalue weighted by atomic mass is 79.9. The second-order valence-corrected chi connectivity index (χ2v) is 10.8. The fraction of sp³-hybridized carbons (Fsp3) is 0.0909. The van der Waals surface area contributed by atoms with Crippen LogP contribution in [0.4, 0.5) is 0 Å². The van der Waals surface area contributed by atoms with E-state index in [9.17, 15) is 0 Å². The average Bonchev–Trinajstić information content (AvgIpc) is 3.10. The normalized spacial score (nSPS) is 14.0. The SMILES string of the molecule is CC1(C)c2cc(Br)ccc2-c2c1c1c3ccccc3c(-c3ccccc3)cc1c1ccccc21. The van der Waals surface area contributed by atoms with E-state index >= 15 is 0 Å². The lowest BCUT2D eigenvalue weighted by Crippen LogP contribution is -2.16. The van der Waals surface area contributed by atoms with Gasteiger partial charge in [0.05, 0.1) is 0 Å². The van der Waals surface area contributed by atoms with Crippen LogP contribution in [0.2, 0.25) is 0 Å². The van der Waals surface area contributed by atoms with Crippen LogP contribution in [0.1, 0.15) is 25.0 Å². The second kappa shape index (κ2) is 7.04. The Bertz CT molecular complexity index is 1770. The largest absolute Gasteiger partial charge is 0.0622 e. The van der Waals surface area contributed by atoms with E-state index in [1.807, 2.05) is 0 Å². The molecule has 1 aliphatic carbocycles. The zero-order valence-corrected chi connectivity index (χ0v) is 20.8. The van der Waals surface area contributed by atoms with Crippen LogP contribution in [0.25, 0.3) is 54.6 Å². The van der Waals surface area contributed by atoms with E-state index in [1.165, 1.54) is 65.7 Å². The molecule has 0 saturated carbocycles. The quantitative estimate of drug-likeness (QED) is 0.198. The zero-order chi connectivity index (χ0) is 23.0. The molecular formula is C33H23Br. The highest BCUT2D eigenvalue weighted by molar-refractivity contribution is 9.10. The second-order valence-electron chi connectivity index (χ2n) is 9.87. The summed E-state index contributed by atoms with van der Waals surface area (Å²) in [6.07, 6.45) is 0. The monoisotopic (exact) mass is 498 g/mol. The Kier molecular flexibility index (Phi) is 4.14. The molecule has 0 fully saturated rings. The number of rotatable bonds is 1. The first-order chi connectivity index (χ1) is 16.6. The Hall–Kier alpha value is -3.42. The molecule has 7 rings (SSSR count). The summed E-state index contributed by atoms with van der Waals surface area (Å²) >= 11 is 3.74. The Balaban J connectivity index is 1.77. The fourth-order valence-corrected chi connectivity index (χ4v) is 6.56. The van der Waals surface area contributed by atoms with Crippen molar-refractivity contribution in [3.63, 3.8) is 0 Å². The van der Waals surface area contributed by atoms with Gasteiger partial charge in [-0.15, -0.1) is 0 Å². The minimum absolute atomic E-state index is 0.103. The van der Waals surface area contributed by atoms with Crippen LogP contribution in [-0.4, -0.2) is 0 Å². The lowest BCUT2D eigenvalue weighted by atomic mass is 9.77. The van der Waals surface area contributed by atoms with E-state index in [2.05, 4.69) is 133 Å². The van der Waals surface area contributed by atoms with Gasteiger partial charge in [0.15, 0.2) is 0 Å². The Labute approximate surface area is 208 Å². The Morgan fingerprint density at radius 2 is 1.21 bits per heavy atom. The smallest absolute Gasteiger partial charge is 0.0178 e. The third kappa shape index (κ3) is 2.59. The summed E-state index contributed by atoms with van der Waals surface area (Å²) in [5, 5.41) is 8.04. The van der Waals surface area contributed by atoms with Crippen molar-refractivity contribution in [2.24, 2.45) is 0 Å². The van der Waals surface area contributed by atoms with E-state index in [0.717, 1.165) is 4.47 Å². The van der Waals surface area contributed by atoms with Gasteiger partial charge < -0.3 is 0 Å². The first-order valence-corrected chi connectivity index (χ1v) is 12.6. The van der Waals surface area contributed by atoms with Crippen molar-refractivity contribution in [2.75, 3.05) is 0 Å². The van der Waals surface area contributed by atoms with Gasteiger partial charge in [0.2, 0.25) is 0 Å². The molecule has 0 bridgehead atoms. The molecule has 0 amide bonds. The molecule has 0 spiro atoms. The molecule has 6 aromatic rings. The summed E-state index contributed by atoms with van der Waals surface area (Å²) in [4.78, 5) is 0. The van der Waals surface area contributed by atoms with E-state index in [0.29, 0.717) is 0 Å². The van der Waals surface area contributed by atoms with Crippen molar-refractivity contribution in [1.29, 1.82) is 0 Å². The fourth-order valence-electron chi connectivity index (χ4n) is 6.20. The topological polar surface area (TPSA) is 0 Å². The van der Waals surface area contributed by atoms with Crippen molar-refractivity contribution in [2.45, 2.75) is 19.3 Å². The summed E-state index contributed by atoms with van der Waals surface area (Å²) in [7, 11) is 0. The van der Waals surface area contributed by atoms with Crippen LogP contribution in [0.3, 0.4) is 0 Å². The van der Waals surface area contributed by atoms with Crippen LogP contribution in [-0.2, 0) is 5.41 Å². The molecule has 0 radical (unpaired) electrons. The van der Waals surface area contributed by atoms with Crippen molar-refractivity contribution < 1.29 is 0 Å². The molecule has 0 unspecified atom stereocenters. The minimum Gasteiger partial charge on any atom is -0.0622 e. The van der Waals surface area contributed by atoms with E-state index in [-0.39, 0.29) is 5.41 Å². The Morgan fingerprint density at radius 1 is 0.559 bits per heavy atom. The molecule has 34 heavy (non-hydrogen) atoms. The number of benzene rings is 6. The van der Waals surface area contributed by atoms with Gasteiger partial charge in [-0.3, -0.25) is 0 Å². The lowest BCUT2D eigenvalue weighted by molar-refractivity contribution is 0.666.